The van der Waals surface area contributed by atoms with Crippen molar-refractivity contribution in [2.45, 2.75) is 24.2 Å². The van der Waals surface area contributed by atoms with E-state index in [1.54, 1.807) is 24.3 Å². The van der Waals surface area contributed by atoms with Crippen LogP contribution in [-0.2, 0) is 9.84 Å². The minimum absolute atomic E-state index is 0.297. The minimum Gasteiger partial charge on any atom is -0.470 e. The molecule has 1 fully saturated rings. The van der Waals surface area contributed by atoms with Gasteiger partial charge >= 0.3 is 0 Å². The van der Waals surface area contributed by atoms with Gasteiger partial charge in [-0.15, -0.1) is 0 Å². The van der Waals surface area contributed by atoms with E-state index in [-0.39, 0.29) is 0 Å². The van der Waals surface area contributed by atoms with Gasteiger partial charge in [-0.1, -0.05) is 36.1 Å². The molecule has 3 aromatic heterocycles. The van der Waals surface area contributed by atoms with Gasteiger partial charge in [-0.2, -0.15) is 0 Å². The van der Waals surface area contributed by atoms with Crippen LogP contribution in [0.3, 0.4) is 0 Å². The van der Waals surface area contributed by atoms with E-state index >= 15 is 0 Å². The number of thiazole rings is 1. The summed E-state index contributed by atoms with van der Waals surface area (Å²) in [6.45, 7) is 6.43. The molecule has 4 aromatic rings. The topological polar surface area (TPSA) is 85.3 Å². The van der Waals surface area contributed by atoms with E-state index in [2.05, 4.69) is 33.6 Å². The third kappa shape index (κ3) is 5.57. The summed E-state index contributed by atoms with van der Waals surface area (Å²) in [5, 5.41) is 0.631. The normalized spacial score (nSPS) is 14.8. The van der Waals surface area contributed by atoms with E-state index in [1.807, 2.05) is 24.4 Å². The average molecular weight is 521 g/mol. The van der Waals surface area contributed by atoms with Crippen molar-refractivity contribution in [1.29, 1.82) is 0 Å². The molecule has 4 heterocycles. The first-order valence-corrected chi connectivity index (χ1v) is 14.6. The van der Waals surface area contributed by atoms with E-state index in [4.69, 9.17) is 9.72 Å². The molecule has 0 radical (unpaired) electrons. The number of piperidine rings is 1. The molecule has 0 aliphatic carbocycles. The molecule has 0 spiro atoms. The maximum absolute atomic E-state index is 11.7. The number of fused-ring (bicyclic) bond motifs is 1. The van der Waals surface area contributed by atoms with Crippen LogP contribution >= 0.6 is 11.3 Å². The lowest BCUT2D eigenvalue weighted by atomic mass is 9.94. The molecular weight excluding hydrogens is 492 g/mol. The van der Waals surface area contributed by atoms with Gasteiger partial charge in [-0.3, -0.25) is 0 Å². The van der Waals surface area contributed by atoms with Crippen LogP contribution in [0.4, 0.5) is 5.82 Å². The van der Waals surface area contributed by atoms with Gasteiger partial charge in [0.1, 0.15) is 16.2 Å². The van der Waals surface area contributed by atoms with Gasteiger partial charge in [-0.05, 0) is 67.1 Å². The Balaban J connectivity index is 1.14. The number of sulfone groups is 1. The Hall–Kier alpha value is -3.30. The number of pyridine rings is 2. The molecule has 9 heteroatoms. The van der Waals surface area contributed by atoms with Gasteiger partial charge in [0.25, 0.3) is 5.19 Å². The standard InChI is InChI=1S/C27H28N4O3S2/c1-3-19-4-11-25(28-18-19)31-15-12-20(13-16-31)14-17-34-27-30-24-10-9-23(29-26(24)35-27)21-5-7-22(8-6-21)36(2,32)33/h3-11,18,20H,1,12-17H2,2H3. The molecule has 0 unspecified atom stereocenters. The Labute approximate surface area is 215 Å². The summed E-state index contributed by atoms with van der Waals surface area (Å²) in [6.07, 6.45) is 8.12. The molecule has 0 N–H and O–H groups in total. The van der Waals surface area contributed by atoms with Gasteiger partial charge in [0.05, 0.1) is 17.2 Å². The van der Waals surface area contributed by atoms with Crippen molar-refractivity contribution >= 4 is 43.4 Å². The first-order chi connectivity index (χ1) is 17.4. The second-order valence-corrected chi connectivity index (χ2v) is 12.0. The largest absolute Gasteiger partial charge is 0.470 e. The highest BCUT2D eigenvalue weighted by atomic mass is 32.2. The number of benzene rings is 1. The summed E-state index contributed by atoms with van der Waals surface area (Å²) in [5.41, 5.74) is 3.47. The number of ether oxygens (including phenoxy) is 1. The highest BCUT2D eigenvalue weighted by Crippen LogP contribution is 2.30. The van der Waals surface area contributed by atoms with Gasteiger partial charge in [0.2, 0.25) is 0 Å². The molecule has 0 bridgehead atoms. The van der Waals surface area contributed by atoms with E-state index in [0.717, 1.165) is 65.3 Å². The van der Waals surface area contributed by atoms with E-state index in [1.165, 1.54) is 17.6 Å². The summed E-state index contributed by atoms with van der Waals surface area (Å²) in [6, 6.07) is 14.7. The monoisotopic (exact) mass is 520 g/mol. The quantitative estimate of drug-likeness (QED) is 0.304. The van der Waals surface area contributed by atoms with Crippen molar-refractivity contribution in [2.75, 3.05) is 30.9 Å². The highest BCUT2D eigenvalue weighted by Gasteiger charge is 2.20. The predicted octanol–water partition coefficient (Wildman–Crippen LogP) is 5.49. The van der Waals surface area contributed by atoms with E-state index in [9.17, 15) is 8.42 Å². The summed E-state index contributed by atoms with van der Waals surface area (Å²) in [7, 11) is -3.22. The molecular formula is C27H28N4O3S2. The molecule has 1 aliphatic rings. The zero-order chi connectivity index (χ0) is 25.1. The Morgan fingerprint density at radius 1 is 1.08 bits per heavy atom. The lowest BCUT2D eigenvalue weighted by Gasteiger charge is -2.32. The zero-order valence-electron chi connectivity index (χ0n) is 20.1. The molecule has 1 saturated heterocycles. The number of hydrogen-bond donors (Lipinski definition) is 0. The molecule has 0 amide bonds. The van der Waals surface area contributed by atoms with Crippen molar-refractivity contribution in [3.05, 3.63) is 66.9 Å². The van der Waals surface area contributed by atoms with Crippen LogP contribution < -0.4 is 9.64 Å². The maximum atomic E-state index is 11.7. The lowest BCUT2D eigenvalue weighted by molar-refractivity contribution is 0.258. The Kier molecular flexibility index (Phi) is 7.02. The number of nitrogens with zero attached hydrogens (tertiary/aromatic N) is 4. The molecule has 5 rings (SSSR count). The summed E-state index contributed by atoms with van der Waals surface area (Å²) in [4.78, 5) is 17.3. The molecule has 186 valence electrons. The molecule has 1 aliphatic heterocycles. The fourth-order valence-corrected chi connectivity index (χ4v) is 5.81. The fraction of sp³-hybridized carbons (Fsp3) is 0.296. The SMILES string of the molecule is C=Cc1ccc(N2CCC(CCOc3nc4ccc(-c5ccc(S(C)(=O)=O)cc5)nc4s3)CC2)nc1. The second kappa shape index (κ2) is 10.4. The fourth-order valence-electron chi connectivity index (χ4n) is 4.36. The van der Waals surface area contributed by atoms with E-state index in [0.29, 0.717) is 22.6 Å². The van der Waals surface area contributed by atoms with Crippen molar-refractivity contribution in [1.82, 2.24) is 15.0 Å². The molecule has 1 aromatic carbocycles. The number of aromatic nitrogens is 3. The van der Waals surface area contributed by atoms with Crippen LogP contribution in [0.2, 0.25) is 0 Å². The first kappa shape index (κ1) is 24.4. The number of rotatable bonds is 8. The molecule has 7 nitrogen and oxygen atoms in total. The molecule has 0 saturated carbocycles. The second-order valence-electron chi connectivity index (χ2n) is 9.02. The summed E-state index contributed by atoms with van der Waals surface area (Å²) < 4.78 is 29.4. The first-order valence-electron chi connectivity index (χ1n) is 11.9. The van der Waals surface area contributed by atoms with Gasteiger partial charge in [0, 0.05) is 31.1 Å². The Morgan fingerprint density at radius 2 is 1.86 bits per heavy atom. The van der Waals surface area contributed by atoms with Crippen LogP contribution in [0.5, 0.6) is 5.19 Å². The van der Waals surface area contributed by atoms with Crippen LogP contribution in [0.15, 0.2) is 66.2 Å². The average Bonchev–Trinajstić information content (AvgIpc) is 3.31. The van der Waals surface area contributed by atoms with Crippen LogP contribution in [0.25, 0.3) is 27.7 Å². The zero-order valence-corrected chi connectivity index (χ0v) is 21.8. The van der Waals surface area contributed by atoms with Gasteiger partial charge in [0.15, 0.2) is 9.84 Å². The van der Waals surface area contributed by atoms with Gasteiger partial charge in [-0.25, -0.2) is 23.4 Å². The Morgan fingerprint density at radius 3 is 2.53 bits per heavy atom. The predicted molar refractivity (Wildman–Crippen MR) is 145 cm³/mol. The Bertz CT molecular complexity index is 1460. The van der Waals surface area contributed by atoms with Crippen LogP contribution in [0.1, 0.15) is 24.8 Å². The van der Waals surface area contributed by atoms with Crippen molar-refractivity contribution in [3.8, 4) is 16.5 Å². The third-order valence-electron chi connectivity index (χ3n) is 6.51. The van der Waals surface area contributed by atoms with Crippen molar-refractivity contribution in [2.24, 2.45) is 5.92 Å². The number of hydrogen-bond acceptors (Lipinski definition) is 8. The van der Waals surface area contributed by atoms with Gasteiger partial charge < -0.3 is 9.64 Å². The van der Waals surface area contributed by atoms with E-state index < -0.39 is 9.84 Å². The molecule has 0 atom stereocenters. The smallest absolute Gasteiger partial charge is 0.275 e. The van der Waals surface area contributed by atoms with Crippen LogP contribution in [0, 0.1) is 5.92 Å². The van der Waals surface area contributed by atoms with Crippen LogP contribution in [-0.4, -0.2) is 49.3 Å². The maximum Gasteiger partial charge on any atom is 0.275 e. The molecule has 36 heavy (non-hydrogen) atoms. The lowest BCUT2D eigenvalue weighted by Crippen LogP contribution is -2.34. The van der Waals surface area contributed by atoms with Crippen molar-refractivity contribution < 1.29 is 13.2 Å². The third-order valence-corrected chi connectivity index (χ3v) is 8.52. The highest BCUT2D eigenvalue weighted by molar-refractivity contribution is 7.90. The summed E-state index contributed by atoms with van der Waals surface area (Å²) in [5.74, 6) is 1.66. The minimum atomic E-state index is -3.22. The number of anilines is 1. The summed E-state index contributed by atoms with van der Waals surface area (Å²) >= 11 is 1.44. The van der Waals surface area contributed by atoms with Crippen molar-refractivity contribution in [3.63, 3.8) is 0 Å².